The molecule has 7 heteroatoms. The van der Waals surface area contributed by atoms with Crippen LogP contribution in [0.4, 0.5) is 5.69 Å². The van der Waals surface area contributed by atoms with Crippen molar-refractivity contribution < 1.29 is 4.42 Å². The molecule has 4 nitrogen and oxygen atoms in total. The van der Waals surface area contributed by atoms with Crippen molar-refractivity contribution in [3.05, 3.63) is 87.9 Å². The molecule has 0 saturated carbocycles. The Labute approximate surface area is 190 Å². The maximum atomic E-state index is 6.23. The summed E-state index contributed by atoms with van der Waals surface area (Å²) in [5, 5.41) is 6.50. The van der Waals surface area contributed by atoms with Crippen LogP contribution in [0.5, 0.6) is 0 Å². The molecule has 0 atom stereocenters. The number of halogens is 2. The second-order valence-electron chi connectivity index (χ2n) is 7.11. The maximum Gasteiger partial charge on any atom is 0.173 e. The summed E-state index contributed by atoms with van der Waals surface area (Å²) < 4.78 is 5.56. The van der Waals surface area contributed by atoms with Crippen LogP contribution in [0.25, 0.3) is 10.9 Å². The lowest BCUT2D eigenvalue weighted by Crippen LogP contribution is -2.35. The highest BCUT2D eigenvalue weighted by molar-refractivity contribution is 7.80. The molecule has 0 fully saturated rings. The predicted molar refractivity (Wildman–Crippen MR) is 129 cm³/mol. The Morgan fingerprint density at radius 2 is 1.87 bits per heavy atom. The van der Waals surface area contributed by atoms with Crippen LogP contribution in [0, 0.1) is 6.92 Å². The lowest BCUT2D eigenvalue weighted by atomic mass is 10.1. The first-order valence-electron chi connectivity index (χ1n) is 9.60. The average Bonchev–Trinajstić information content (AvgIpc) is 3.34. The van der Waals surface area contributed by atoms with Gasteiger partial charge in [-0.3, -0.25) is 0 Å². The zero-order chi connectivity index (χ0) is 21.1. The SMILES string of the molecule is Cc1[nH]c2ccc(Cl)cc2c1CCN(Cc1ccco1)C(=S)Nc1ccc(Cl)cc1. The van der Waals surface area contributed by atoms with Gasteiger partial charge in [-0.15, -0.1) is 0 Å². The van der Waals surface area contributed by atoms with E-state index in [0.29, 0.717) is 16.7 Å². The summed E-state index contributed by atoms with van der Waals surface area (Å²) in [7, 11) is 0. The van der Waals surface area contributed by atoms with E-state index >= 15 is 0 Å². The van der Waals surface area contributed by atoms with E-state index in [2.05, 4.69) is 22.1 Å². The molecule has 0 saturated heterocycles. The fourth-order valence-corrected chi connectivity index (χ4v) is 4.07. The van der Waals surface area contributed by atoms with Gasteiger partial charge in [0.15, 0.2) is 5.11 Å². The van der Waals surface area contributed by atoms with Crippen LogP contribution >= 0.6 is 35.4 Å². The van der Waals surface area contributed by atoms with Crippen molar-refractivity contribution in [2.75, 3.05) is 11.9 Å². The van der Waals surface area contributed by atoms with E-state index in [1.165, 1.54) is 5.56 Å². The fraction of sp³-hybridized carbons (Fsp3) is 0.174. The number of benzene rings is 2. The molecule has 2 heterocycles. The van der Waals surface area contributed by atoms with Crippen LogP contribution in [0.15, 0.2) is 65.3 Å². The van der Waals surface area contributed by atoms with Gasteiger partial charge in [0.05, 0.1) is 12.8 Å². The number of aromatic nitrogens is 1. The van der Waals surface area contributed by atoms with E-state index in [1.807, 2.05) is 54.6 Å². The first-order valence-corrected chi connectivity index (χ1v) is 10.8. The molecule has 0 aliphatic rings. The molecule has 2 aromatic carbocycles. The van der Waals surface area contributed by atoms with Gasteiger partial charge in [0.2, 0.25) is 0 Å². The topological polar surface area (TPSA) is 44.2 Å². The molecule has 0 aliphatic carbocycles. The summed E-state index contributed by atoms with van der Waals surface area (Å²) >= 11 is 17.9. The van der Waals surface area contributed by atoms with Crippen molar-refractivity contribution in [1.82, 2.24) is 9.88 Å². The number of nitrogens with zero attached hydrogens (tertiary/aromatic N) is 1. The van der Waals surface area contributed by atoms with Crippen LogP contribution in [0.1, 0.15) is 17.0 Å². The quantitative estimate of drug-likeness (QED) is 0.311. The number of H-pyrrole nitrogens is 1. The van der Waals surface area contributed by atoms with Gasteiger partial charge in [0, 0.05) is 38.9 Å². The van der Waals surface area contributed by atoms with Gasteiger partial charge in [-0.25, -0.2) is 0 Å². The third kappa shape index (κ3) is 4.81. The second kappa shape index (κ2) is 9.13. The number of furan rings is 1. The van der Waals surface area contributed by atoms with Crippen molar-refractivity contribution in [1.29, 1.82) is 0 Å². The Hall–Kier alpha value is -2.47. The number of thiocarbonyl (C=S) groups is 1. The summed E-state index contributed by atoms with van der Waals surface area (Å²) in [4.78, 5) is 5.54. The van der Waals surface area contributed by atoms with Gasteiger partial charge < -0.3 is 19.6 Å². The van der Waals surface area contributed by atoms with E-state index in [4.69, 9.17) is 39.8 Å². The minimum absolute atomic E-state index is 0.578. The van der Waals surface area contributed by atoms with Crippen LogP contribution in [0.2, 0.25) is 10.0 Å². The highest BCUT2D eigenvalue weighted by Crippen LogP contribution is 2.26. The monoisotopic (exact) mass is 457 g/mol. The molecular weight excluding hydrogens is 437 g/mol. The zero-order valence-corrected chi connectivity index (χ0v) is 18.7. The van der Waals surface area contributed by atoms with Crippen molar-refractivity contribution in [2.45, 2.75) is 19.9 Å². The standard InChI is InChI=1S/C23H21Cl2N3OS/c1-15-20(21-13-17(25)6-9-22(21)26-15)10-11-28(14-19-3-2-12-29-19)23(30)27-18-7-4-16(24)5-8-18/h2-9,12-13,26H,10-11,14H2,1H3,(H,27,30). The average molecular weight is 458 g/mol. The zero-order valence-electron chi connectivity index (χ0n) is 16.4. The van der Waals surface area contributed by atoms with Gasteiger partial charge in [0.1, 0.15) is 5.76 Å². The lowest BCUT2D eigenvalue weighted by Gasteiger charge is -2.25. The van der Waals surface area contributed by atoms with Gasteiger partial charge in [0.25, 0.3) is 0 Å². The van der Waals surface area contributed by atoms with Crippen LogP contribution < -0.4 is 5.32 Å². The Balaban J connectivity index is 1.54. The smallest absolute Gasteiger partial charge is 0.173 e. The van der Waals surface area contributed by atoms with E-state index in [0.717, 1.165) is 46.0 Å². The molecule has 2 aromatic heterocycles. The first kappa shape index (κ1) is 20.8. The van der Waals surface area contributed by atoms with Crippen molar-refractivity contribution in [3.8, 4) is 0 Å². The highest BCUT2D eigenvalue weighted by Gasteiger charge is 2.15. The van der Waals surface area contributed by atoms with E-state index in [1.54, 1.807) is 6.26 Å². The fourth-order valence-electron chi connectivity index (χ4n) is 3.50. The molecule has 0 amide bonds. The summed E-state index contributed by atoms with van der Waals surface area (Å²) in [5.74, 6) is 0.856. The van der Waals surface area contributed by atoms with Crippen molar-refractivity contribution in [3.63, 3.8) is 0 Å². The summed E-state index contributed by atoms with van der Waals surface area (Å²) in [6.45, 7) is 3.39. The Kier molecular flexibility index (Phi) is 6.32. The molecule has 0 bridgehead atoms. The number of hydrogen-bond acceptors (Lipinski definition) is 2. The number of aryl methyl sites for hydroxylation is 1. The number of hydrogen-bond donors (Lipinski definition) is 2. The van der Waals surface area contributed by atoms with E-state index in [9.17, 15) is 0 Å². The molecule has 30 heavy (non-hydrogen) atoms. The molecule has 0 spiro atoms. The number of fused-ring (bicyclic) bond motifs is 1. The van der Waals surface area contributed by atoms with Gasteiger partial charge in [-0.05, 0) is 85.7 Å². The highest BCUT2D eigenvalue weighted by atomic mass is 35.5. The van der Waals surface area contributed by atoms with Gasteiger partial charge in [-0.2, -0.15) is 0 Å². The summed E-state index contributed by atoms with van der Waals surface area (Å²) in [5.41, 5.74) is 4.36. The van der Waals surface area contributed by atoms with Crippen molar-refractivity contribution >= 4 is 57.1 Å². The molecular formula is C23H21Cl2N3OS. The van der Waals surface area contributed by atoms with Crippen LogP contribution in [0.3, 0.4) is 0 Å². The number of anilines is 1. The molecule has 154 valence electrons. The first-order chi connectivity index (χ1) is 14.5. The van der Waals surface area contributed by atoms with Crippen molar-refractivity contribution in [2.24, 2.45) is 0 Å². The number of rotatable bonds is 6. The molecule has 0 unspecified atom stereocenters. The Morgan fingerprint density at radius 1 is 1.10 bits per heavy atom. The largest absolute Gasteiger partial charge is 0.467 e. The van der Waals surface area contributed by atoms with Crippen LogP contribution in [-0.4, -0.2) is 21.5 Å². The van der Waals surface area contributed by atoms with Gasteiger partial charge >= 0.3 is 0 Å². The molecule has 0 radical (unpaired) electrons. The third-order valence-electron chi connectivity index (χ3n) is 5.02. The van der Waals surface area contributed by atoms with E-state index in [-0.39, 0.29) is 0 Å². The number of aromatic amines is 1. The normalized spacial score (nSPS) is 11.0. The molecule has 4 aromatic rings. The van der Waals surface area contributed by atoms with Gasteiger partial charge in [-0.1, -0.05) is 23.2 Å². The second-order valence-corrected chi connectivity index (χ2v) is 8.37. The summed E-state index contributed by atoms with van der Waals surface area (Å²) in [6.07, 6.45) is 2.49. The third-order valence-corrected chi connectivity index (χ3v) is 5.87. The Morgan fingerprint density at radius 3 is 2.60 bits per heavy atom. The predicted octanol–water partition coefficient (Wildman–Crippen LogP) is 6.82. The molecule has 0 aliphatic heterocycles. The maximum absolute atomic E-state index is 6.23. The molecule has 2 N–H and O–H groups in total. The summed E-state index contributed by atoms with van der Waals surface area (Å²) in [6, 6.07) is 17.3. The number of nitrogens with one attached hydrogen (secondary N) is 2. The lowest BCUT2D eigenvalue weighted by molar-refractivity contribution is 0.368. The Bertz CT molecular complexity index is 1150. The van der Waals surface area contributed by atoms with Crippen LogP contribution in [-0.2, 0) is 13.0 Å². The minimum atomic E-state index is 0.578. The minimum Gasteiger partial charge on any atom is -0.467 e. The van der Waals surface area contributed by atoms with E-state index < -0.39 is 0 Å². The molecule has 4 rings (SSSR count).